The average molecular weight is 607 g/mol. The molecule has 3 aromatic rings. The summed E-state index contributed by atoms with van der Waals surface area (Å²) in [5.74, 6) is 2.59. The Morgan fingerprint density at radius 2 is 2.05 bits per heavy atom. The Morgan fingerprint density at radius 3 is 2.79 bits per heavy atom. The van der Waals surface area contributed by atoms with E-state index < -0.39 is 5.82 Å². The Hall–Kier alpha value is -3.31. The molecule has 5 atom stereocenters. The van der Waals surface area contributed by atoms with Crippen molar-refractivity contribution in [1.29, 1.82) is 0 Å². The highest BCUT2D eigenvalue weighted by atomic mass is 35.5. The lowest BCUT2D eigenvalue weighted by Gasteiger charge is -2.44. The van der Waals surface area contributed by atoms with Crippen LogP contribution in [0.15, 0.2) is 48.8 Å². The van der Waals surface area contributed by atoms with Gasteiger partial charge in [0.15, 0.2) is 0 Å². The molecule has 226 valence electrons. The minimum absolute atomic E-state index is 0.00939. The summed E-state index contributed by atoms with van der Waals surface area (Å²) < 4.78 is 25.8. The van der Waals surface area contributed by atoms with Crippen molar-refractivity contribution < 1.29 is 18.7 Å². The standard InChI is InChI=1S/C32H36ClFN6O3/c1-39-15-24-22(25(24)16-39)8-10-42-30-13-28-23(32(36-18-35-28)37-19-4-7-27(34)26(33)11-19)12-29(30)38-31(41)3-2-9-40-14-21-6-5-20(40)17-43-21/h2-4,7,11-13,18,20-22,24-25H,5-6,8-10,14-17H2,1H3,(H,38,41)(H,35,36,37)/b3-2+/t20?,21?,22?,24-,25+. The number of amides is 1. The summed E-state index contributed by atoms with van der Waals surface area (Å²) in [5, 5.41) is 6.92. The lowest BCUT2D eigenvalue weighted by molar-refractivity contribution is -0.112. The average Bonchev–Trinajstić information content (AvgIpc) is 3.46. The number of hydrogen-bond acceptors (Lipinski definition) is 8. The van der Waals surface area contributed by atoms with Gasteiger partial charge in [0.05, 0.1) is 35.5 Å². The summed E-state index contributed by atoms with van der Waals surface area (Å²) in [4.78, 5) is 26.8. The van der Waals surface area contributed by atoms with Crippen LogP contribution < -0.4 is 15.4 Å². The number of rotatable bonds is 10. The second-order valence-corrected chi connectivity index (χ2v) is 12.6. The summed E-state index contributed by atoms with van der Waals surface area (Å²) in [7, 11) is 2.18. The number of ether oxygens (including phenoxy) is 2. The molecule has 4 saturated heterocycles. The van der Waals surface area contributed by atoms with E-state index in [0.29, 0.717) is 65.1 Å². The first-order valence-corrected chi connectivity index (χ1v) is 15.4. The van der Waals surface area contributed by atoms with Crippen LogP contribution in [-0.4, -0.2) is 84.3 Å². The zero-order valence-corrected chi connectivity index (χ0v) is 24.9. The van der Waals surface area contributed by atoms with Gasteiger partial charge in [0.1, 0.15) is 23.7 Å². The quantitative estimate of drug-likeness (QED) is 0.308. The van der Waals surface area contributed by atoms with Crippen molar-refractivity contribution in [3.05, 3.63) is 59.7 Å². The highest BCUT2D eigenvalue weighted by Crippen LogP contribution is 2.53. The lowest BCUT2D eigenvalue weighted by atomic mass is 9.97. The molecule has 1 amide bonds. The maximum Gasteiger partial charge on any atom is 0.248 e. The number of carbonyl (C=O) groups excluding carboxylic acids is 1. The van der Waals surface area contributed by atoms with Crippen molar-refractivity contribution in [3.63, 3.8) is 0 Å². The molecule has 2 aromatic carbocycles. The van der Waals surface area contributed by atoms with Crippen LogP contribution in [-0.2, 0) is 9.53 Å². The van der Waals surface area contributed by atoms with Crippen LogP contribution in [0.25, 0.3) is 10.9 Å². The van der Waals surface area contributed by atoms with E-state index in [1.54, 1.807) is 12.1 Å². The van der Waals surface area contributed by atoms with Crippen molar-refractivity contribution >= 4 is 45.6 Å². The second kappa shape index (κ2) is 12.0. The number of nitrogens with one attached hydrogen (secondary N) is 2. The van der Waals surface area contributed by atoms with Crippen molar-refractivity contribution in [3.8, 4) is 5.75 Å². The van der Waals surface area contributed by atoms with Crippen molar-refractivity contribution in [2.75, 3.05) is 57.1 Å². The number of nitrogens with zero attached hydrogens (tertiary/aromatic N) is 4. The van der Waals surface area contributed by atoms with Gasteiger partial charge in [-0.05, 0) is 68.3 Å². The molecule has 43 heavy (non-hydrogen) atoms. The predicted octanol–water partition coefficient (Wildman–Crippen LogP) is 5.10. The fraction of sp³-hybridized carbons (Fsp3) is 0.469. The molecule has 3 unspecified atom stereocenters. The number of fused-ring (bicyclic) bond motifs is 5. The Kier molecular flexibility index (Phi) is 7.94. The van der Waals surface area contributed by atoms with Gasteiger partial charge in [0, 0.05) is 55.4 Å². The smallest absolute Gasteiger partial charge is 0.248 e. The number of morpholine rings is 1. The van der Waals surface area contributed by atoms with E-state index in [4.69, 9.17) is 21.1 Å². The first kappa shape index (κ1) is 28.5. The predicted molar refractivity (Wildman–Crippen MR) is 164 cm³/mol. The molecule has 0 spiro atoms. The molecular weight excluding hydrogens is 571 g/mol. The number of halogens is 2. The first-order valence-electron chi connectivity index (χ1n) is 15.1. The molecule has 5 heterocycles. The van der Waals surface area contributed by atoms with Gasteiger partial charge in [-0.2, -0.15) is 0 Å². The van der Waals surface area contributed by atoms with Crippen LogP contribution in [0.2, 0.25) is 5.02 Å². The van der Waals surface area contributed by atoms with Gasteiger partial charge < -0.3 is 25.0 Å². The minimum atomic E-state index is -0.498. The number of benzene rings is 2. The topological polar surface area (TPSA) is 91.8 Å². The van der Waals surface area contributed by atoms with Crippen LogP contribution in [0.1, 0.15) is 19.3 Å². The van der Waals surface area contributed by atoms with Crippen LogP contribution in [0.5, 0.6) is 5.75 Å². The lowest BCUT2D eigenvalue weighted by Crippen LogP contribution is -2.54. The number of piperidine rings is 2. The molecule has 1 aromatic heterocycles. The van der Waals surface area contributed by atoms with Crippen LogP contribution in [0.3, 0.4) is 0 Å². The van der Waals surface area contributed by atoms with Gasteiger partial charge in [0.2, 0.25) is 5.91 Å². The van der Waals surface area contributed by atoms with E-state index in [1.807, 2.05) is 18.2 Å². The van der Waals surface area contributed by atoms with E-state index in [0.717, 1.165) is 57.3 Å². The third kappa shape index (κ3) is 6.20. The summed E-state index contributed by atoms with van der Waals surface area (Å²) in [6.07, 6.45) is 8.50. The minimum Gasteiger partial charge on any atom is -0.491 e. The zero-order chi connectivity index (χ0) is 29.5. The summed E-state index contributed by atoms with van der Waals surface area (Å²) in [5.41, 5.74) is 1.78. The number of carbonyl (C=O) groups is 1. The van der Waals surface area contributed by atoms with Crippen LogP contribution in [0, 0.1) is 23.6 Å². The first-order chi connectivity index (χ1) is 20.9. The third-order valence-corrected chi connectivity index (χ3v) is 9.64. The van der Waals surface area contributed by atoms with E-state index in [9.17, 15) is 9.18 Å². The van der Waals surface area contributed by atoms with E-state index >= 15 is 0 Å². The van der Waals surface area contributed by atoms with E-state index in [-0.39, 0.29) is 10.9 Å². The normalized spacial score (nSPS) is 26.6. The number of aromatic nitrogens is 2. The zero-order valence-electron chi connectivity index (χ0n) is 24.1. The van der Waals surface area contributed by atoms with Gasteiger partial charge in [-0.1, -0.05) is 17.7 Å². The second-order valence-electron chi connectivity index (χ2n) is 12.2. The van der Waals surface area contributed by atoms with Gasteiger partial charge in [-0.15, -0.1) is 0 Å². The number of likely N-dealkylation sites (tertiary alicyclic amines) is 1. The van der Waals surface area contributed by atoms with Gasteiger partial charge in [-0.25, -0.2) is 14.4 Å². The Labute approximate surface area is 255 Å². The van der Waals surface area contributed by atoms with Crippen LogP contribution in [0.4, 0.5) is 21.6 Å². The van der Waals surface area contributed by atoms with Gasteiger partial charge in [0.25, 0.3) is 0 Å². The molecule has 5 fully saturated rings. The molecular formula is C32H36ClFN6O3. The summed E-state index contributed by atoms with van der Waals surface area (Å²) in [6, 6.07) is 8.47. The largest absolute Gasteiger partial charge is 0.491 e. The molecule has 0 radical (unpaired) electrons. The molecule has 1 aliphatic carbocycles. The Morgan fingerprint density at radius 1 is 1.19 bits per heavy atom. The Balaban J connectivity index is 1.09. The maximum atomic E-state index is 13.7. The summed E-state index contributed by atoms with van der Waals surface area (Å²) in [6.45, 7) is 5.28. The fourth-order valence-corrected chi connectivity index (χ4v) is 7.21. The van der Waals surface area contributed by atoms with E-state index in [2.05, 4.69) is 37.4 Å². The molecule has 9 nitrogen and oxygen atoms in total. The molecule has 2 bridgehead atoms. The monoisotopic (exact) mass is 606 g/mol. The van der Waals surface area contributed by atoms with Crippen LogP contribution >= 0.6 is 11.6 Å². The van der Waals surface area contributed by atoms with Gasteiger partial charge >= 0.3 is 0 Å². The van der Waals surface area contributed by atoms with Crippen molar-refractivity contribution in [1.82, 2.24) is 19.8 Å². The fourth-order valence-electron chi connectivity index (χ4n) is 7.03. The van der Waals surface area contributed by atoms with Crippen molar-refractivity contribution in [2.45, 2.75) is 31.4 Å². The summed E-state index contributed by atoms with van der Waals surface area (Å²) >= 11 is 5.99. The molecule has 1 saturated carbocycles. The highest BCUT2D eigenvalue weighted by molar-refractivity contribution is 6.31. The maximum absolute atomic E-state index is 13.7. The molecule has 2 N–H and O–H groups in total. The van der Waals surface area contributed by atoms with E-state index in [1.165, 1.54) is 18.5 Å². The molecule has 11 heteroatoms. The van der Waals surface area contributed by atoms with Gasteiger partial charge in [-0.3, -0.25) is 9.69 Å². The highest BCUT2D eigenvalue weighted by Gasteiger charge is 2.53. The third-order valence-electron chi connectivity index (χ3n) is 9.35. The van der Waals surface area contributed by atoms with Crippen molar-refractivity contribution in [2.24, 2.45) is 17.8 Å². The number of anilines is 3. The molecule has 8 rings (SSSR count). The molecule has 5 aliphatic rings. The SMILES string of the molecule is CN1C[C@@H]2C(CCOc3cc4ncnc(Nc5ccc(F)c(Cl)c5)c4cc3NC(=O)/C=C/CN3CC4CCC3CO4)[C@@H]2C1. The number of hydrogen-bond donors (Lipinski definition) is 2. The molecule has 4 aliphatic heterocycles. The Bertz CT molecular complexity index is 1540.